The van der Waals surface area contributed by atoms with E-state index in [-0.39, 0.29) is 24.2 Å². The minimum absolute atomic E-state index is 0.0390. The summed E-state index contributed by atoms with van der Waals surface area (Å²) in [7, 11) is 0. The third-order valence-corrected chi connectivity index (χ3v) is 4.64. The van der Waals surface area contributed by atoms with Crippen LogP contribution in [0.5, 0.6) is 0 Å². The fourth-order valence-corrected chi connectivity index (χ4v) is 3.40. The number of nitrogens with one attached hydrogen (secondary N) is 1. The molecule has 22 heavy (non-hydrogen) atoms. The van der Waals surface area contributed by atoms with E-state index < -0.39 is 0 Å². The molecule has 2 aromatic rings. The van der Waals surface area contributed by atoms with Gasteiger partial charge in [-0.3, -0.25) is 9.59 Å². The highest BCUT2D eigenvalue weighted by Crippen LogP contribution is 2.30. The van der Waals surface area contributed by atoms with Gasteiger partial charge in [0.15, 0.2) is 0 Å². The highest BCUT2D eigenvalue weighted by atomic mass is 79.9. The molecular weight excluding hydrogens is 368 g/mol. The molecule has 1 fully saturated rings. The van der Waals surface area contributed by atoms with E-state index in [1.165, 1.54) is 11.3 Å². The molecule has 1 saturated heterocycles. The van der Waals surface area contributed by atoms with Crippen LogP contribution in [0.15, 0.2) is 28.2 Å². The number of aryl methyl sites for hydroxylation is 1. The lowest BCUT2D eigenvalue weighted by molar-refractivity contribution is -0.122. The Morgan fingerprint density at radius 2 is 2.32 bits per heavy atom. The Hall–Kier alpha value is -1.80. The molecule has 0 saturated carbocycles. The first kappa shape index (κ1) is 15.1. The molecule has 2 heterocycles. The van der Waals surface area contributed by atoms with Crippen LogP contribution in [0.2, 0.25) is 0 Å². The summed E-state index contributed by atoms with van der Waals surface area (Å²) >= 11 is 4.66. The molecular formula is C14H13BrN4O2S. The van der Waals surface area contributed by atoms with Crippen LogP contribution in [0, 0.1) is 12.8 Å². The van der Waals surface area contributed by atoms with E-state index in [2.05, 4.69) is 31.4 Å². The minimum Gasteiger partial charge on any atom is -0.311 e. The first-order valence-electron chi connectivity index (χ1n) is 6.68. The Morgan fingerprint density at radius 1 is 1.50 bits per heavy atom. The molecule has 114 valence electrons. The fourth-order valence-electron chi connectivity index (χ4n) is 2.47. The predicted molar refractivity (Wildman–Crippen MR) is 87.9 cm³/mol. The van der Waals surface area contributed by atoms with Gasteiger partial charge in [-0.05, 0) is 30.7 Å². The number of halogens is 1. The van der Waals surface area contributed by atoms with E-state index in [9.17, 15) is 9.59 Å². The molecule has 1 unspecified atom stereocenters. The molecule has 0 radical (unpaired) electrons. The van der Waals surface area contributed by atoms with Crippen LogP contribution in [0.1, 0.15) is 12.0 Å². The van der Waals surface area contributed by atoms with Crippen LogP contribution in [0.3, 0.4) is 0 Å². The number of amides is 2. The third kappa shape index (κ3) is 3.02. The van der Waals surface area contributed by atoms with Crippen LogP contribution >= 0.6 is 27.3 Å². The van der Waals surface area contributed by atoms with Crippen LogP contribution in [0.4, 0.5) is 10.8 Å². The molecule has 3 rings (SSSR count). The van der Waals surface area contributed by atoms with Crippen molar-refractivity contribution >= 4 is 49.9 Å². The van der Waals surface area contributed by atoms with E-state index in [4.69, 9.17) is 0 Å². The quantitative estimate of drug-likeness (QED) is 0.887. The highest BCUT2D eigenvalue weighted by Gasteiger charge is 2.35. The Labute approximate surface area is 139 Å². The summed E-state index contributed by atoms with van der Waals surface area (Å²) in [6.45, 7) is 2.33. The van der Waals surface area contributed by atoms with Gasteiger partial charge in [0.25, 0.3) is 0 Å². The molecule has 0 bridgehead atoms. The van der Waals surface area contributed by atoms with Crippen molar-refractivity contribution in [1.82, 2.24) is 10.2 Å². The molecule has 1 aromatic carbocycles. The Bertz CT molecular complexity index is 720. The van der Waals surface area contributed by atoms with Gasteiger partial charge in [0.05, 0.1) is 5.92 Å². The summed E-state index contributed by atoms with van der Waals surface area (Å²) in [5.74, 6) is -0.607. The van der Waals surface area contributed by atoms with E-state index >= 15 is 0 Å². The normalized spacial score (nSPS) is 17.8. The Kier molecular flexibility index (Phi) is 4.21. The van der Waals surface area contributed by atoms with Gasteiger partial charge in [0, 0.05) is 23.1 Å². The lowest BCUT2D eigenvalue weighted by atomic mass is 10.1. The molecule has 1 aliphatic rings. The Balaban J connectivity index is 1.74. The van der Waals surface area contributed by atoms with E-state index in [0.29, 0.717) is 11.7 Å². The summed E-state index contributed by atoms with van der Waals surface area (Å²) in [4.78, 5) is 26.1. The monoisotopic (exact) mass is 380 g/mol. The van der Waals surface area contributed by atoms with Crippen molar-refractivity contribution in [3.05, 3.63) is 33.7 Å². The topological polar surface area (TPSA) is 75.2 Å². The average molecular weight is 381 g/mol. The number of hydrogen-bond acceptors (Lipinski definition) is 5. The standard InChI is InChI=1S/C14H13BrN4O2S/c1-8-4-10(15)2-3-11(8)19-6-9(5-12(19)20)13(21)17-14-18-16-7-22-14/h2-4,7,9H,5-6H2,1H3,(H,17,18,21). The van der Waals surface area contributed by atoms with E-state index in [1.54, 1.807) is 10.4 Å². The van der Waals surface area contributed by atoms with Gasteiger partial charge >= 0.3 is 0 Å². The largest absolute Gasteiger partial charge is 0.311 e. The SMILES string of the molecule is Cc1cc(Br)ccc1N1CC(C(=O)Nc2nncs2)CC1=O. The lowest BCUT2D eigenvalue weighted by Crippen LogP contribution is -2.28. The van der Waals surface area contributed by atoms with Crippen molar-refractivity contribution in [3.8, 4) is 0 Å². The molecule has 0 aliphatic carbocycles. The van der Waals surface area contributed by atoms with Gasteiger partial charge in [0.1, 0.15) is 5.51 Å². The number of nitrogens with zero attached hydrogens (tertiary/aromatic N) is 3. The van der Waals surface area contributed by atoms with Crippen LogP contribution in [-0.2, 0) is 9.59 Å². The van der Waals surface area contributed by atoms with Crippen molar-refractivity contribution in [2.24, 2.45) is 5.92 Å². The van der Waals surface area contributed by atoms with Gasteiger partial charge in [-0.15, -0.1) is 10.2 Å². The van der Waals surface area contributed by atoms with Gasteiger partial charge in [-0.25, -0.2) is 0 Å². The number of anilines is 2. The third-order valence-electron chi connectivity index (χ3n) is 3.54. The summed E-state index contributed by atoms with van der Waals surface area (Å²) in [5.41, 5.74) is 3.39. The molecule has 1 atom stereocenters. The number of rotatable bonds is 3. The van der Waals surface area contributed by atoms with Crippen molar-refractivity contribution in [2.45, 2.75) is 13.3 Å². The Morgan fingerprint density at radius 3 is 3.00 bits per heavy atom. The minimum atomic E-state index is -0.376. The molecule has 2 amide bonds. The van der Waals surface area contributed by atoms with Crippen LogP contribution in [-0.4, -0.2) is 28.6 Å². The van der Waals surface area contributed by atoms with Gasteiger partial charge in [-0.2, -0.15) is 0 Å². The van der Waals surface area contributed by atoms with Crippen molar-refractivity contribution in [2.75, 3.05) is 16.8 Å². The van der Waals surface area contributed by atoms with E-state index in [1.807, 2.05) is 25.1 Å². The maximum Gasteiger partial charge on any atom is 0.231 e. The predicted octanol–water partition coefficient (Wildman–Crippen LogP) is 2.60. The first-order chi connectivity index (χ1) is 10.5. The maximum absolute atomic E-state index is 12.2. The number of carbonyl (C=O) groups excluding carboxylic acids is 2. The average Bonchev–Trinajstić information content (AvgIpc) is 3.09. The molecule has 1 N–H and O–H groups in total. The zero-order chi connectivity index (χ0) is 15.7. The number of carbonyl (C=O) groups is 2. The van der Waals surface area contributed by atoms with Crippen molar-refractivity contribution < 1.29 is 9.59 Å². The molecule has 6 nitrogen and oxygen atoms in total. The molecule has 1 aromatic heterocycles. The number of aromatic nitrogens is 2. The second-order valence-corrected chi connectivity index (χ2v) is 6.82. The molecule has 1 aliphatic heterocycles. The molecule has 8 heteroatoms. The summed E-state index contributed by atoms with van der Waals surface area (Å²) in [6.07, 6.45) is 0.208. The van der Waals surface area contributed by atoms with Gasteiger partial charge < -0.3 is 10.2 Å². The number of benzene rings is 1. The van der Waals surface area contributed by atoms with Gasteiger partial charge in [0.2, 0.25) is 16.9 Å². The van der Waals surface area contributed by atoms with Crippen LogP contribution < -0.4 is 10.2 Å². The fraction of sp³-hybridized carbons (Fsp3) is 0.286. The van der Waals surface area contributed by atoms with Crippen molar-refractivity contribution in [3.63, 3.8) is 0 Å². The van der Waals surface area contributed by atoms with E-state index in [0.717, 1.165) is 15.7 Å². The van der Waals surface area contributed by atoms with Gasteiger partial charge in [-0.1, -0.05) is 27.3 Å². The maximum atomic E-state index is 12.2. The smallest absolute Gasteiger partial charge is 0.231 e. The second-order valence-electron chi connectivity index (χ2n) is 5.07. The van der Waals surface area contributed by atoms with Crippen LogP contribution in [0.25, 0.3) is 0 Å². The number of hydrogen-bond donors (Lipinski definition) is 1. The lowest BCUT2D eigenvalue weighted by Gasteiger charge is -2.19. The highest BCUT2D eigenvalue weighted by molar-refractivity contribution is 9.10. The zero-order valence-electron chi connectivity index (χ0n) is 11.7. The summed E-state index contributed by atoms with van der Waals surface area (Å²) in [5, 5.41) is 10.6. The zero-order valence-corrected chi connectivity index (χ0v) is 14.1. The molecule has 0 spiro atoms. The summed E-state index contributed by atoms with van der Waals surface area (Å²) < 4.78 is 0.964. The second kappa shape index (κ2) is 6.13. The first-order valence-corrected chi connectivity index (χ1v) is 8.35. The van der Waals surface area contributed by atoms with Crippen molar-refractivity contribution in [1.29, 1.82) is 0 Å². The summed E-state index contributed by atoms with van der Waals surface area (Å²) in [6, 6.07) is 5.74.